The average molecular weight is 389 g/mol. The van der Waals surface area contributed by atoms with Crippen molar-refractivity contribution in [3.05, 3.63) is 69.3 Å². The molecule has 3 aromatic rings. The van der Waals surface area contributed by atoms with E-state index in [1.165, 1.54) is 7.11 Å². The van der Waals surface area contributed by atoms with Gasteiger partial charge in [0.05, 0.1) is 13.2 Å². The molecule has 1 aliphatic rings. The second-order valence-electron chi connectivity index (χ2n) is 6.49. The molecule has 4 rings (SSSR count). The maximum absolute atomic E-state index is 12.3. The lowest BCUT2D eigenvalue weighted by atomic mass is 9.90. The van der Waals surface area contributed by atoms with Crippen LogP contribution in [0.5, 0.6) is 0 Å². The molecule has 0 amide bonds. The quantitative estimate of drug-likeness (QED) is 0.666. The maximum Gasteiger partial charge on any atom is 0.323 e. The Bertz CT molecular complexity index is 1010. The van der Waals surface area contributed by atoms with Gasteiger partial charge >= 0.3 is 5.97 Å². The summed E-state index contributed by atoms with van der Waals surface area (Å²) in [4.78, 5) is 12.3. The summed E-state index contributed by atoms with van der Waals surface area (Å²) < 4.78 is 7.16. The van der Waals surface area contributed by atoms with E-state index in [2.05, 4.69) is 22.0 Å². The van der Waals surface area contributed by atoms with E-state index in [1.807, 2.05) is 31.3 Å². The minimum atomic E-state index is -0.435. The van der Waals surface area contributed by atoms with Crippen molar-refractivity contribution in [3.63, 3.8) is 0 Å². The standard InChI is InChI=1S/C20H18Cl2N2O2/c1-24-17-6-4-3-5-12(17)14-10-16(20(25)26-2)23-18(19(14)24)13-8-7-11(21)9-15(13)22/h3-9,16,18,23H,10H2,1-2H3/t16-,18-/m0/s1. The number of benzene rings is 2. The fourth-order valence-electron chi connectivity index (χ4n) is 3.88. The fourth-order valence-corrected chi connectivity index (χ4v) is 4.40. The van der Waals surface area contributed by atoms with Gasteiger partial charge in [-0.25, -0.2) is 0 Å². The molecule has 1 aliphatic heterocycles. The predicted octanol–water partition coefficient (Wildman–Crippen LogP) is 4.26. The molecule has 2 aromatic carbocycles. The summed E-state index contributed by atoms with van der Waals surface area (Å²) in [7, 11) is 3.45. The molecular formula is C20H18Cl2N2O2. The molecule has 1 aromatic heterocycles. The number of methoxy groups -OCH3 is 1. The van der Waals surface area contributed by atoms with Gasteiger partial charge in [-0.3, -0.25) is 10.1 Å². The van der Waals surface area contributed by atoms with Crippen LogP contribution < -0.4 is 5.32 Å². The third kappa shape index (κ3) is 2.69. The Hall–Kier alpha value is -2.01. The molecule has 0 aliphatic carbocycles. The molecule has 0 fully saturated rings. The lowest BCUT2D eigenvalue weighted by Gasteiger charge is -2.32. The van der Waals surface area contributed by atoms with Crippen molar-refractivity contribution in [2.24, 2.45) is 7.05 Å². The second kappa shape index (κ2) is 6.62. The molecule has 0 unspecified atom stereocenters. The Balaban J connectivity index is 1.95. The monoisotopic (exact) mass is 388 g/mol. The average Bonchev–Trinajstić information content (AvgIpc) is 2.93. The van der Waals surface area contributed by atoms with Crippen LogP contribution in [-0.4, -0.2) is 23.7 Å². The van der Waals surface area contributed by atoms with Gasteiger partial charge in [-0.2, -0.15) is 0 Å². The minimum Gasteiger partial charge on any atom is -0.468 e. The largest absolute Gasteiger partial charge is 0.468 e. The molecule has 26 heavy (non-hydrogen) atoms. The van der Waals surface area contributed by atoms with Crippen LogP contribution >= 0.6 is 23.2 Å². The number of hydrogen-bond acceptors (Lipinski definition) is 3. The molecule has 0 bridgehead atoms. The first-order valence-electron chi connectivity index (χ1n) is 8.36. The summed E-state index contributed by atoms with van der Waals surface area (Å²) in [5.74, 6) is -0.279. The van der Waals surface area contributed by atoms with Crippen LogP contribution in [0.2, 0.25) is 10.0 Å². The molecule has 0 radical (unpaired) electrons. The van der Waals surface area contributed by atoms with Gasteiger partial charge in [0.15, 0.2) is 0 Å². The van der Waals surface area contributed by atoms with Crippen molar-refractivity contribution in [1.82, 2.24) is 9.88 Å². The highest BCUT2D eigenvalue weighted by atomic mass is 35.5. The van der Waals surface area contributed by atoms with Crippen molar-refractivity contribution < 1.29 is 9.53 Å². The zero-order valence-corrected chi connectivity index (χ0v) is 15.9. The summed E-state index contributed by atoms with van der Waals surface area (Å²) in [5, 5.41) is 5.71. The number of carbonyl (C=O) groups is 1. The first kappa shape index (κ1) is 17.4. The number of fused-ring (bicyclic) bond motifs is 3. The van der Waals surface area contributed by atoms with Gasteiger partial charge in [-0.1, -0.05) is 47.5 Å². The summed E-state index contributed by atoms with van der Waals surface area (Å²) in [5.41, 5.74) is 4.26. The number of aryl methyl sites for hydroxylation is 1. The zero-order valence-electron chi connectivity index (χ0n) is 14.4. The van der Waals surface area contributed by atoms with Gasteiger partial charge in [0, 0.05) is 40.1 Å². The van der Waals surface area contributed by atoms with E-state index < -0.39 is 6.04 Å². The van der Waals surface area contributed by atoms with E-state index >= 15 is 0 Å². The zero-order chi connectivity index (χ0) is 18.4. The number of hydrogen-bond donors (Lipinski definition) is 1. The number of nitrogens with zero attached hydrogens (tertiary/aromatic N) is 1. The van der Waals surface area contributed by atoms with Gasteiger partial charge < -0.3 is 9.30 Å². The van der Waals surface area contributed by atoms with Gasteiger partial charge in [-0.15, -0.1) is 0 Å². The summed E-state index contributed by atoms with van der Waals surface area (Å²) in [6, 6.07) is 13.0. The van der Waals surface area contributed by atoms with Crippen molar-refractivity contribution in [1.29, 1.82) is 0 Å². The summed E-state index contributed by atoms with van der Waals surface area (Å²) in [6.45, 7) is 0. The Kier molecular flexibility index (Phi) is 4.43. The SMILES string of the molecule is COC(=O)[C@@H]1Cc2c(n(C)c3ccccc23)[C@H](c2ccc(Cl)cc2Cl)N1. The highest BCUT2D eigenvalue weighted by Gasteiger charge is 2.36. The van der Waals surface area contributed by atoms with Crippen LogP contribution in [0, 0.1) is 0 Å². The van der Waals surface area contributed by atoms with Crippen molar-refractivity contribution in [3.8, 4) is 0 Å². The van der Waals surface area contributed by atoms with E-state index in [4.69, 9.17) is 27.9 Å². The number of carbonyl (C=O) groups excluding carboxylic acids is 1. The maximum atomic E-state index is 12.3. The molecule has 0 saturated heterocycles. The highest BCUT2D eigenvalue weighted by molar-refractivity contribution is 6.35. The number of nitrogens with one attached hydrogen (secondary N) is 1. The number of halogens is 2. The van der Waals surface area contributed by atoms with Crippen LogP contribution in [-0.2, 0) is 23.0 Å². The number of para-hydroxylation sites is 1. The second-order valence-corrected chi connectivity index (χ2v) is 7.33. The van der Waals surface area contributed by atoms with Crippen LogP contribution in [0.4, 0.5) is 0 Å². The van der Waals surface area contributed by atoms with Crippen LogP contribution in [0.15, 0.2) is 42.5 Å². The molecule has 134 valence electrons. The van der Waals surface area contributed by atoms with Crippen molar-refractivity contribution >= 4 is 40.1 Å². The highest BCUT2D eigenvalue weighted by Crippen LogP contribution is 2.39. The summed E-state index contributed by atoms with van der Waals surface area (Å²) in [6.07, 6.45) is 0.574. The lowest BCUT2D eigenvalue weighted by Crippen LogP contribution is -2.46. The number of esters is 1. The molecule has 0 saturated carbocycles. The van der Waals surface area contributed by atoms with E-state index in [0.717, 1.165) is 27.7 Å². The fraction of sp³-hybridized carbons (Fsp3) is 0.250. The third-order valence-electron chi connectivity index (χ3n) is 5.07. The van der Waals surface area contributed by atoms with Gasteiger partial charge in [0.1, 0.15) is 6.04 Å². The van der Waals surface area contributed by atoms with E-state index in [0.29, 0.717) is 16.5 Å². The molecular weight excluding hydrogens is 371 g/mol. The van der Waals surface area contributed by atoms with Crippen LogP contribution in [0.1, 0.15) is 22.9 Å². The van der Waals surface area contributed by atoms with Gasteiger partial charge in [0.2, 0.25) is 0 Å². The van der Waals surface area contributed by atoms with Gasteiger partial charge in [-0.05, 0) is 29.3 Å². The van der Waals surface area contributed by atoms with Gasteiger partial charge in [0.25, 0.3) is 0 Å². The van der Waals surface area contributed by atoms with Crippen LogP contribution in [0.25, 0.3) is 10.9 Å². The first-order valence-corrected chi connectivity index (χ1v) is 9.12. The number of ether oxygens (including phenoxy) is 1. The Morgan fingerprint density at radius 1 is 1.23 bits per heavy atom. The molecule has 1 N–H and O–H groups in total. The summed E-state index contributed by atoms with van der Waals surface area (Å²) >= 11 is 12.6. The topological polar surface area (TPSA) is 43.3 Å². The van der Waals surface area contributed by atoms with E-state index in [9.17, 15) is 4.79 Å². The third-order valence-corrected chi connectivity index (χ3v) is 5.63. The molecule has 2 atom stereocenters. The Morgan fingerprint density at radius 2 is 2.00 bits per heavy atom. The molecule has 4 nitrogen and oxygen atoms in total. The Labute approximate surface area is 161 Å². The van der Waals surface area contributed by atoms with E-state index in [-0.39, 0.29) is 12.0 Å². The smallest absolute Gasteiger partial charge is 0.323 e. The van der Waals surface area contributed by atoms with Crippen molar-refractivity contribution in [2.45, 2.75) is 18.5 Å². The first-order chi connectivity index (χ1) is 12.5. The number of rotatable bonds is 2. The van der Waals surface area contributed by atoms with Crippen LogP contribution in [0.3, 0.4) is 0 Å². The lowest BCUT2D eigenvalue weighted by molar-refractivity contribution is -0.143. The predicted molar refractivity (Wildman–Crippen MR) is 104 cm³/mol. The molecule has 0 spiro atoms. The van der Waals surface area contributed by atoms with Crippen molar-refractivity contribution in [2.75, 3.05) is 7.11 Å². The molecule has 2 heterocycles. The number of aromatic nitrogens is 1. The Morgan fingerprint density at radius 3 is 2.73 bits per heavy atom. The normalized spacial score (nSPS) is 19.4. The molecule has 6 heteroatoms. The minimum absolute atomic E-state index is 0.231. The van der Waals surface area contributed by atoms with E-state index in [1.54, 1.807) is 6.07 Å².